The maximum Gasteiger partial charge on any atom is -0.0241 e. The summed E-state index contributed by atoms with van der Waals surface area (Å²) in [5.74, 6) is 3.91. The maximum absolute atomic E-state index is 2.39. The first-order chi connectivity index (χ1) is 6.86. The van der Waals surface area contributed by atoms with E-state index in [1.54, 1.807) is 5.92 Å². The molecule has 2 rings (SSSR count). The van der Waals surface area contributed by atoms with E-state index in [-0.39, 0.29) is 0 Å². The van der Waals surface area contributed by atoms with Crippen LogP contribution in [0.5, 0.6) is 0 Å². The summed E-state index contributed by atoms with van der Waals surface area (Å²) in [5, 5.41) is 0. The van der Waals surface area contributed by atoms with E-state index in [9.17, 15) is 0 Å². The van der Waals surface area contributed by atoms with Crippen molar-refractivity contribution in [2.45, 2.75) is 71.1 Å². The highest BCUT2D eigenvalue weighted by Gasteiger charge is 2.24. The molecule has 0 aliphatic heterocycles. The van der Waals surface area contributed by atoms with Crippen LogP contribution in [0.15, 0.2) is 0 Å². The zero-order valence-electron chi connectivity index (χ0n) is 9.73. The molecule has 0 aromatic carbocycles. The Labute approximate surface area is 89.5 Å². The van der Waals surface area contributed by atoms with Crippen LogP contribution in [-0.4, -0.2) is 0 Å². The monoisotopic (exact) mass is 193 g/mol. The van der Waals surface area contributed by atoms with Crippen LogP contribution in [0.1, 0.15) is 71.1 Å². The Morgan fingerprint density at radius 1 is 0.929 bits per heavy atom. The maximum atomic E-state index is 2.39. The van der Waals surface area contributed by atoms with Crippen molar-refractivity contribution in [1.82, 2.24) is 0 Å². The van der Waals surface area contributed by atoms with Gasteiger partial charge in [0.05, 0.1) is 0 Å². The third-order valence-electron chi connectivity index (χ3n) is 4.47. The fraction of sp³-hybridized carbons (Fsp3) is 0.929. The number of hydrogen-bond donors (Lipinski definition) is 0. The van der Waals surface area contributed by atoms with Crippen molar-refractivity contribution in [2.24, 2.45) is 11.8 Å². The Hall–Kier alpha value is 0. The van der Waals surface area contributed by atoms with Gasteiger partial charge in [-0.15, -0.1) is 0 Å². The van der Waals surface area contributed by atoms with E-state index in [0.29, 0.717) is 0 Å². The van der Waals surface area contributed by atoms with E-state index in [4.69, 9.17) is 0 Å². The Morgan fingerprint density at radius 3 is 2.36 bits per heavy atom. The summed E-state index contributed by atoms with van der Waals surface area (Å²) in [7, 11) is 0. The second-order valence-electron chi connectivity index (χ2n) is 5.52. The molecule has 0 amide bonds. The summed E-state index contributed by atoms with van der Waals surface area (Å²) in [6.07, 6.45) is 15.0. The van der Waals surface area contributed by atoms with Gasteiger partial charge in [0.1, 0.15) is 0 Å². The van der Waals surface area contributed by atoms with Crippen molar-refractivity contribution in [1.29, 1.82) is 0 Å². The molecule has 81 valence electrons. The highest BCUT2D eigenvalue weighted by atomic mass is 14.3. The minimum absolute atomic E-state index is 1.01. The zero-order valence-corrected chi connectivity index (χ0v) is 9.73. The van der Waals surface area contributed by atoms with E-state index in [0.717, 1.165) is 11.8 Å². The highest BCUT2D eigenvalue weighted by molar-refractivity contribution is 4.97. The molecule has 0 spiro atoms. The second kappa shape index (κ2) is 5.19. The van der Waals surface area contributed by atoms with E-state index < -0.39 is 0 Å². The van der Waals surface area contributed by atoms with Crippen molar-refractivity contribution in [3.05, 3.63) is 5.92 Å². The lowest BCUT2D eigenvalue weighted by atomic mass is 9.82. The fourth-order valence-electron chi connectivity index (χ4n) is 3.38. The molecule has 0 aromatic rings. The molecule has 2 aliphatic rings. The highest BCUT2D eigenvalue weighted by Crippen LogP contribution is 2.38. The Bertz CT molecular complexity index is 155. The van der Waals surface area contributed by atoms with Gasteiger partial charge in [0.25, 0.3) is 0 Å². The van der Waals surface area contributed by atoms with E-state index >= 15 is 0 Å². The molecule has 1 unspecified atom stereocenters. The van der Waals surface area contributed by atoms with Crippen molar-refractivity contribution in [2.75, 3.05) is 0 Å². The van der Waals surface area contributed by atoms with Crippen LogP contribution in [-0.2, 0) is 0 Å². The third-order valence-corrected chi connectivity index (χ3v) is 4.47. The van der Waals surface area contributed by atoms with Crippen LogP contribution >= 0.6 is 0 Å². The third kappa shape index (κ3) is 2.74. The van der Waals surface area contributed by atoms with Crippen LogP contribution in [0.2, 0.25) is 0 Å². The number of rotatable bonds is 3. The molecule has 14 heavy (non-hydrogen) atoms. The molecule has 2 fully saturated rings. The molecular formula is C14H25. The minimum atomic E-state index is 1.01. The summed E-state index contributed by atoms with van der Waals surface area (Å²) in [6, 6.07) is 0. The topological polar surface area (TPSA) is 0 Å². The molecule has 0 aromatic heterocycles. The Kier molecular flexibility index (Phi) is 3.89. The van der Waals surface area contributed by atoms with Gasteiger partial charge >= 0.3 is 0 Å². The lowest BCUT2D eigenvalue weighted by molar-refractivity contribution is 0.313. The van der Waals surface area contributed by atoms with Crippen molar-refractivity contribution < 1.29 is 0 Å². The van der Waals surface area contributed by atoms with Gasteiger partial charge in [0.15, 0.2) is 0 Å². The minimum Gasteiger partial charge on any atom is -0.0588 e. The predicted octanol–water partition coefficient (Wildman–Crippen LogP) is 4.74. The smallest absolute Gasteiger partial charge is 0.0241 e. The van der Waals surface area contributed by atoms with Crippen molar-refractivity contribution in [3.63, 3.8) is 0 Å². The fourth-order valence-corrected chi connectivity index (χ4v) is 3.38. The van der Waals surface area contributed by atoms with Gasteiger partial charge in [-0.1, -0.05) is 51.9 Å². The predicted molar refractivity (Wildman–Crippen MR) is 62.1 cm³/mol. The molecule has 2 aliphatic carbocycles. The molecule has 0 bridgehead atoms. The summed E-state index contributed by atoms with van der Waals surface area (Å²) in [4.78, 5) is 0. The van der Waals surface area contributed by atoms with Gasteiger partial charge in [0.2, 0.25) is 0 Å². The van der Waals surface area contributed by atoms with E-state index in [1.165, 1.54) is 64.2 Å². The quantitative estimate of drug-likeness (QED) is 0.607. The lowest BCUT2D eigenvalue weighted by Gasteiger charge is -2.23. The second-order valence-corrected chi connectivity index (χ2v) is 5.52. The molecule has 0 saturated heterocycles. The van der Waals surface area contributed by atoms with Crippen LogP contribution in [0.25, 0.3) is 0 Å². The summed E-state index contributed by atoms with van der Waals surface area (Å²) >= 11 is 0. The van der Waals surface area contributed by atoms with Gasteiger partial charge in [-0.2, -0.15) is 0 Å². The largest absolute Gasteiger partial charge is 0.0588 e. The molecule has 0 N–H and O–H groups in total. The molecular weight excluding hydrogens is 168 g/mol. The van der Waals surface area contributed by atoms with Gasteiger partial charge < -0.3 is 0 Å². The average Bonchev–Trinajstić information content (AvgIpc) is 2.63. The van der Waals surface area contributed by atoms with Crippen LogP contribution in [0.3, 0.4) is 0 Å². The standard InChI is InChI=1S/C14H25/c1-12-6-5-9-14(12)11-10-13-7-3-2-4-8-13/h13-14H,2-11H2,1H3. The van der Waals surface area contributed by atoms with Crippen LogP contribution in [0, 0.1) is 17.8 Å². The van der Waals surface area contributed by atoms with Gasteiger partial charge in [0, 0.05) is 0 Å². The first-order valence-corrected chi connectivity index (χ1v) is 6.68. The molecule has 0 heteroatoms. The zero-order chi connectivity index (χ0) is 9.80. The molecule has 0 heterocycles. The number of hydrogen-bond acceptors (Lipinski definition) is 0. The lowest BCUT2D eigenvalue weighted by Crippen LogP contribution is -2.09. The summed E-state index contributed by atoms with van der Waals surface area (Å²) < 4.78 is 0. The molecule has 1 atom stereocenters. The van der Waals surface area contributed by atoms with Gasteiger partial charge in [-0.05, 0) is 37.0 Å². The normalized spacial score (nSPS) is 31.1. The van der Waals surface area contributed by atoms with Crippen molar-refractivity contribution in [3.8, 4) is 0 Å². The molecule has 1 radical (unpaired) electrons. The first kappa shape index (κ1) is 10.5. The SMILES string of the molecule is C[C]1CCCC1CCC1CCCCC1. The first-order valence-electron chi connectivity index (χ1n) is 6.68. The molecule has 2 saturated carbocycles. The van der Waals surface area contributed by atoms with Crippen LogP contribution in [0.4, 0.5) is 0 Å². The summed E-state index contributed by atoms with van der Waals surface area (Å²) in [5.41, 5.74) is 0. The van der Waals surface area contributed by atoms with Gasteiger partial charge in [-0.25, -0.2) is 0 Å². The Morgan fingerprint density at radius 2 is 1.71 bits per heavy atom. The summed E-state index contributed by atoms with van der Waals surface area (Å²) in [6.45, 7) is 2.39. The van der Waals surface area contributed by atoms with Gasteiger partial charge in [-0.3, -0.25) is 0 Å². The van der Waals surface area contributed by atoms with E-state index in [1.807, 2.05) is 0 Å². The molecule has 0 nitrogen and oxygen atoms in total. The van der Waals surface area contributed by atoms with Crippen molar-refractivity contribution >= 4 is 0 Å². The van der Waals surface area contributed by atoms with Crippen LogP contribution < -0.4 is 0 Å². The van der Waals surface area contributed by atoms with E-state index in [2.05, 4.69) is 6.92 Å². The average molecular weight is 193 g/mol. The Balaban J connectivity index is 1.65.